The van der Waals surface area contributed by atoms with Crippen molar-refractivity contribution in [2.24, 2.45) is 0 Å². The van der Waals surface area contributed by atoms with Crippen LogP contribution in [0.15, 0.2) is 24.3 Å². The molecule has 2 aliphatic rings. The summed E-state index contributed by atoms with van der Waals surface area (Å²) in [6.45, 7) is 0. The van der Waals surface area contributed by atoms with Gasteiger partial charge in [0.25, 0.3) is 0 Å². The van der Waals surface area contributed by atoms with E-state index in [-0.39, 0.29) is 5.56 Å². The van der Waals surface area contributed by atoms with E-state index in [1.165, 1.54) is 76.3 Å². The fraction of sp³-hybridized carbons (Fsp3) is 0.619. The molecule has 3 rings (SSSR count). The van der Waals surface area contributed by atoms with Crippen LogP contribution in [0.5, 0.6) is 0 Å². The predicted octanol–water partition coefficient (Wildman–Crippen LogP) is 7.16. The van der Waals surface area contributed by atoms with Gasteiger partial charge in [-0.05, 0) is 57.1 Å². The monoisotopic (exact) mass is 366 g/mol. The fourth-order valence-corrected chi connectivity index (χ4v) is 7.22. The molecule has 4 heteroatoms. The van der Waals surface area contributed by atoms with E-state index in [0.29, 0.717) is 11.3 Å². The van der Waals surface area contributed by atoms with Gasteiger partial charge in [0, 0.05) is 5.56 Å². The second kappa shape index (κ2) is 8.59. The number of halogens is 3. The summed E-state index contributed by atoms with van der Waals surface area (Å²) in [6, 6.07) is 5.76. The number of benzene rings is 1. The average molecular weight is 366 g/mol. The molecule has 0 bridgehead atoms. The summed E-state index contributed by atoms with van der Waals surface area (Å²) in [5.41, 5.74) is 4.23. The molecule has 25 heavy (non-hydrogen) atoms. The first-order valence-corrected chi connectivity index (χ1v) is 11.0. The van der Waals surface area contributed by atoms with Crippen LogP contribution in [0.3, 0.4) is 0 Å². The van der Waals surface area contributed by atoms with Crippen LogP contribution in [0.25, 0.3) is 0 Å². The second-order valence-electron chi connectivity index (χ2n) is 7.27. The number of rotatable bonds is 2. The Kier molecular flexibility index (Phi) is 6.45. The number of alkyl halides is 3. The minimum Gasteiger partial charge on any atom is -0.166 e. The molecule has 1 aromatic rings. The van der Waals surface area contributed by atoms with Crippen molar-refractivity contribution in [3.63, 3.8) is 0 Å². The molecule has 0 aliphatic heterocycles. The molecule has 0 aromatic heterocycles. The molecule has 2 fully saturated rings. The van der Waals surface area contributed by atoms with Crippen molar-refractivity contribution < 1.29 is 13.2 Å². The van der Waals surface area contributed by atoms with Gasteiger partial charge in [-0.2, -0.15) is 13.2 Å². The van der Waals surface area contributed by atoms with Crippen LogP contribution >= 0.6 is 7.92 Å². The lowest BCUT2D eigenvalue weighted by molar-refractivity contribution is -0.137. The molecule has 1 aromatic carbocycles. The van der Waals surface area contributed by atoms with Crippen molar-refractivity contribution in [3.8, 4) is 11.6 Å². The minimum atomic E-state index is -4.33. The molecule has 0 spiro atoms. The van der Waals surface area contributed by atoms with Crippen molar-refractivity contribution in [1.29, 1.82) is 0 Å². The van der Waals surface area contributed by atoms with Gasteiger partial charge in [0.2, 0.25) is 0 Å². The maximum atomic E-state index is 13.2. The molecule has 0 atom stereocenters. The zero-order valence-electron chi connectivity index (χ0n) is 14.6. The van der Waals surface area contributed by atoms with Crippen LogP contribution < -0.4 is 0 Å². The van der Waals surface area contributed by atoms with Crippen molar-refractivity contribution >= 4 is 7.92 Å². The molecular formula is C21H26F3P. The Morgan fingerprint density at radius 2 is 1.32 bits per heavy atom. The van der Waals surface area contributed by atoms with Crippen LogP contribution in [-0.4, -0.2) is 11.3 Å². The third-order valence-electron chi connectivity index (χ3n) is 5.49. The Hall–Kier alpha value is -1.00. The van der Waals surface area contributed by atoms with Gasteiger partial charge in [-0.1, -0.05) is 62.2 Å². The molecule has 2 saturated carbocycles. The van der Waals surface area contributed by atoms with Gasteiger partial charge in [-0.25, -0.2) is 0 Å². The van der Waals surface area contributed by atoms with Gasteiger partial charge in [-0.15, -0.1) is 0 Å². The summed E-state index contributed by atoms with van der Waals surface area (Å²) in [7, 11) is -0.497. The van der Waals surface area contributed by atoms with Crippen molar-refractivity contribution in [2.75, 3.05) is 0 Å². The Morgan fingerprint density at radius 1 is 0.800 bits per heavy atom. The van der Waals surface area contributed by atoms with E-state index in [0.717, 1.165) is 6.07 Å². The Morgan fingerprint density at radius 3 is 1.84 bits per heavy atom. The highest BCUT2D eigenvalue weighted by Gasteiger charge is 2.33. The van der Waals surface area contributed by atoms with E-state index in [4.69, 9.17) is 0 Å². The first kappa shape index (κ1) is 18.8. The quantitative estimate of drug-likeness (QED) is 0.385. The smallest absolute Gasteiger partial charge is 0.166 e. The maximum absolute atomic E-state index is 13.2. The topological polar surface area (TPSA) is 0 Å². The molecule has 136 valence electrons. The molecule has 0 N–H and O–H groups in total. The molecular weight excluding hydrogens is 340 g/mol. The SMILES string of the molecule is FC(F)(F)c1ccccc1C#CP(C1CCCCC1)C1CCCCC1. The van der Waals surface area contributed by atoms with Crippen LogP contribution in [-0.2, 0) is 6.18 Å². The summed E-state index contributed by atoms with van der Waals surface area (Å²) in [5, 5.41) is 0. The maximum Gasteiger partial charge on any atom is 0.417 e. The van der Waals surface area contributed by atoms with Gasteiger partial charge in [0.1, 0.15) is 0 Å². The summed E-state index contributed by atoms with van der Waals surface area (Å²) < 4.78 is 39.7. The summed E-state index contributed by atoms with van der Waals surface area (Å²) >= 11 is 0. The molecule has 2 aliphatic carbocycles. The third-order valence-corrected chi connectivity index (χ3v) is 8.46. The minimum absolute atomic E-state index is 0.147. The lowest BCUT2D eigenvalue weighted by atomic mass is 9.99. The number of hydrogen-bond acceptors (Lipinski definition) is 0. The summed E-state index contributed by atoms with van der Waals surface area (Å²) in [4.78, 5) is 0. The first-order valence-electron chi connectivity index (χ1n) is 9.52. The van der Waals surface area contributed by atoms with Gasteiger partial charge < -0.3 is 0 Å². The molecule has 0 amide bonds. The van der Waals surface area contributed by atoms with Gasteiger partial charge >= 0.3 is 6.18 Å². The zero-order valence-corrected chi connectivity index (χ0v) is 15.5. The largest absolute Gasteiger partial charge is 0.417 e. The van der Waals surface area contributed by atoms with E-state index in [2.05, 4.69) is 11.6 Å². The van der Waals surface area contributed by atoms with Crippen LogP contribution in [0.1, 0.15) is 75.3 Å². The number of hydrogen-bond donors (Lipinski definition) is 0. The van der Waals surface area contributed by atoms with Crippen molar-refractivity contribution in [3.05, 3.63) is 35.4 Å². The lowest BCUT2D eigenvalue weighted by Gasteiger charge is -2.35. The van der Waals surface area contributed by atoms with Crippen molar-refractivity contribution in [1.82, 2.24) is 0 Å². The Labute approximate surface area is 150 Å². The van der Waals surface area contributed by atoms with Crippen LogP contribution in [0.2, 0.25) is 0 Å². The lowest BCUT2D eigenvalue weighted by Crippen LogP contribution is -2.19. The molecule has 0 saturated heterocycles. The van der Waals surface area contributed by atoms with E-state index < -0.39 is 19.7 Å². The van der Waals surface area contributed by atoms with Crippen LogP contribution in [0, 0.1) is 11.6 Å². The van der Waals surface area contributed by atoms with Crippen LogP contribution in [0.4, 0.5) is 13.2 Å². The highest BCUT2D eigenvalue weighted by Crippen LogP contribution is 2.55. The Balaban J connectivity index is 1.87. The molecule has 0 heterocycles. The first-order chi connectivity index (χ1) is 12.1. The molecule has 0 nitrogen and oxygen atoms in total. The van der Waals surface area contributed by atoms with E-state index >= 15 is 0 Å². The van der Waals surface area contributed by atoms with Gasteiger partial charge in [0.15, 0.2) is 0 Å². The van der Waals surface area contributed by atoms with E-state index in [1.807, 2.05) is 0 Å². The highest BCUT2D eigenvalue weighted by molar-refractivity contribution is 7.64. The standard InChI is InChI=1S/C21H26F3P/c22-21(23,24)20-14-8-7-9-17(20)15-16-25(18-10-3-1-4-11-18)19-12-5-2-6-13-19/h7-9,14,18-19H,1-6,10-13H2. The molecule has 0 unspecified atom stereocenters. The second-order valence-corrected chi connectivity index (χ2v) is 9.77. The average Bonchev–Trinajstić information content (AvgIpc) is 2.63. The third kappa shape index (κ3) is 5.01. The van der Waals surface area contributed by atoms with Gasteiger partial charge in [0.05, 0.1) is 5.56 Å². The summed E-state index contributed by atoms with van der Waals surface area (Å²) in [5.74, 6) is 2.97. The van der Waals surface area contributed by atoms with Crippen molar-refractivity contribution in [2.45, 2.75) is 81.7 Å². The normalized spacial score (nSPS) is 20.3. The predicted molar refractivity (Wildman–Crippen MR) is 99.0 cm³/mol. The van der Waals surface area contributed by atoms with E-state index in [1.54, 1.807) is 6.07 Å². The highest BCUT2D eigenvalue weighted by atomic mass is 31.1. The van der Waals surface area contributed by atoms with E-state index in [9.17, 15) is 13.2 Å². The fourth-order valence-electron chi connectivity index (χ4n) is 4.16. The van der Waals surface area contributed by atoms with Gasteiger partial charge in [-0.3, -0.25) is 0 Å². The molecule has 0 radical (unpaired) electrons. The Bertz CT molecular complexity index is 596. The zero-order chi connectivity index (χ0) is 17.7. The summed E-state index contributed by atoms with van der Waals surface area (Å²) in [6.07, 6.45) is 8.19.